The van der Waals surface area contributed by atoms with Crippen molar-refractivity contribution in [3.05, 3.63) is 24.0 Å². The van der Waals surface area contributed by atoms with E-state index in [-0.39, 0.29) is 15.6 Å². The average Bonchev–Trinajstić information content (AvgIpc) is 2.28. The lowest BCUT2D eigenvalue weighted by Crippen LogP contribution is -2.28. The highest BCUT2D eigenvalue weighted by molar-refractivity contribution is 7.89. The molecular weight excluding hydrogens is 270 g/mol. The van der Waals surface area contributed by atoms with Crippen LogP contribution in [-0.4, -0.2) is 24.9 Å². The Kier molecular flexibility index (Phi) is 5.18. The smallest absolute Gasteiger partial charge is 0.242 e. The van der Waals surface area contributed by atoms with Gasteiger partial charge < -0.3 is 5.73 Å². The van der Waals surface area contributed by atoms with E-state index >= 15 is 0 Å². The van der Waals surface area contributed by atoms with Crippen molar-refractivity contribution in [2.24, 2.45) is 11.7 Å². The molecule has 0 aromatic carbocycles. The highest BCUT2D eigenvalue weighted by Crippen LogP contribution is 2.13. The maximum atomic E-state index is 12.1. The number of rotatable bonds is 6. The van der Waals surface area contributed by atoms with Crippen molar-refractivity contribution in [1.29, 1.82) is 0 Å². The SMILES string of the molecule is CC(C)CCNS(=O)(=O)c1cccnc1C(N)=S. The normalized spacial score (nSPS) is 11.7. The molecule has 1 rings (SSSR count). The van der Waals surface area contributed by atoms with Crippen molar-refractivity contribution in [3.63, 3.8) is 0 Å². The molecule has 0 bridgehead atoms. The Bertz CT molecular complexity index is 527. The predicted molar refractivity (Wildman–Crippen MR) is 74.8 cm³/mol. The van der Waals surface area contributed by atoms with E-state index < -0.39 is 10.0 Å². The summed E-state index contributed by atoms with van der Waals surface area (Å²) in [5.41, 5.74) is 5.59. The average molecular weight is 287 g/mol. The summed E-state index contributed by atoms with van der Waals surface area (Å²) in [6.07, 6.45) is 2.23. The number of thiocarbonyl (C=S) groups is 1. The summed E-state index contributed by atoms with van der Waals surface area (Å²) < 4.78 is 26.7. The molecule has 0 unspecified atom stereocenters. The summed E-state index contributed by atoms with van der Waals surface area (Å²) in [6.45, 7) is 4.43. The summed E-state index contributed by atoms with van der Waals surface area (Å²) in [7, 11) is -3.61. The van der Waals surface area contributed by atoms with Gasteiger partial charge in [-0.3, -0.25) is 4.98 Å². The number of pyridine rings is 1. The number of hydrogen-bond donors (Lipinski definition) is 2. The van der Waals surface area contributed by atoms with Gasteiger partial charge in [0.25, 0.3) is 0 Å². The minimum Gasteiger partial charge on any atom is -0.388 e. The van der Waals surface area contributed by atoms with Gasteiger partial charge in [-0.25, -0.2) is 13.1 Å². The molecule has 18 heavy (non-hydrogen) atoms. The summed E-state index contributed by atoms with van der Waals surface area (Å²) in [4.78, 5) is 3.90. The fourth-order valence-electron chi connectivity index (χ4n) is 1.35. The van der Waals surface area contributed by atoms with Crippen molar-refractivity contribution >= 4 is 27.2 Å². The van der Waals surface area contributed by atoms with Crippen molar-refractivity contribution in [2.45, 2.75) is 25.2 Å². The lowest BCUT2D eigenvalue weighted by atomic mass is 10.1. The summed E-state index contributed by atoms with van der Waals surface area (Å²) >= 11 is 4.80. The number of nitrogens with zero attached hydrogens (tertiary/aromatic N) is 1. The first-order valence-electron chi connectivity index (χ1n) is 5.59. The van der Waals surface area contributed by atoms with Gasteiger partial charge in [0.05, 0.1) is 0 Å². The molecule has 0 radical (unpaired) electrons. The largest absolute Gasteiger partial charge is 0.388 e. The van der Waals surface area contributed by atoms with Crippen LogP contribution in [0.1, 0.15) is 26.0 Å². The molecule has 0 aliphatic carbocycles. The fourth-order valence-corrected chi connectivity index (χ4v) is 2.80. The molecule has 3 N–H and O–H groups in total. The Labute approximate surface area is 113 Å². The first-order valence-corrected chi connectivity index (χ1v) is 7.48. The molecule has 7 heteroatoms. The van der Waals surface area contributed by atoms with E-state index in [0.717, 1.165) is 6.42 Å². The molecule has 1 aromatic heterocycles. The molecule has 0 saturated carbocycles. The molecule has 100 valence electrons. The highest BCUT2D eigenvalue weighted by Gasteiger charge is 2.20. The van der Waals surface area contributed by atoms with Gasteiger partial charge in [-0.1, -0.05) is 26.1 Å². The zero-order chi connectivity index (χ0) is 13.8. The number of sulfonamides is 1. The highest BCUT2D eigenvalue weighted by atomic mass is 32.2. The second kappa shape index (κ2) is 6.21. The number of hydrogen-bond acceptors (Lipinski definition) is 4. The van der Waals surface area contributed by atoms with Gasteiger partial charge >= 0.3 is 0 Å². The summed E-state index contributed by atoms with van der Waals surface area (Å²) in [5, 5.41) is 0. The Morgan fingerprint density at radius 3 is 2.78 bits per heavy atom. The molecule has 0 aliphatic heterocycles. The van der Waals surface area contributed by atoms with Crippen molar-refractivity contribution in [1.82, 2.24) is 9.71 Å². The number of nitrogens with two attached hydrogens (primary N) is 1. The first-order chi connectivity index (χ1) is 8.34. The van der Waals surface area contributed by atoms with Crippen LogP contribution < -0.4 is 10.5 Å². The number of nitrogens with one attached hydrogen (secondary N) is 1. The molecule has 1 aromatic rings. The molecular formula is C11H17N3O2S2. The first kappa shape index (κ1) is 15.0. The molecule has 0 spiro atoms. The van der Waals surface area contributed by atoms with Gasteiger partial charge in [0.1, 0.15) is 15.6 Å². The lowest BCUT2D eigenvalue weighted by molar-refractivity contribution is 0.551. The zero-order valence-corrected chi connectivity index (χ0v) is 12.0. The third kappa shape index (κ3) is 4.01. The van der Waals surface area contributed by atoms with Crippen molar-refractivity contribution in [3.8, 4) is 0 Å². The molecule has 0 amide bonds. The summed E-state index contributed by atoms with van der Waals surface area (Å²) in [5.74, 6) is 0.427. The topological polar surface area (TPSA) is 85.1 Å². The molecule has 0 aliphatic rings. The molecule has 0 atom stereocenters. The lowest BCUT2D eigenvalue weighted by Gasteiger charge is -2.10. The monoisotopic (exact) mass is 287 g/mol. The van der Waals surface area contributed by atoms with Gasteiger partial charge in [-0.05, 0) is 24.5 Å². The minimum atomic E-state index is -3.61. The van der Waals surface area contributed by atoms with E-state index in [1.807, 2.05) is 13.8 Å². The van der Waals surface area contributed by atoms with Crippen LogP contribution in [0.25, 0.3) is 0 Å². The van der Waals surface area contributed by atoms with E-state index in [1.54, 1.807) is 6.07 Å². The molecule has 5 nitrogen and oxygen atoms in total. The van der Waals surface area contributed by atoms with Crippen LogP contribution in [0.3, 0.4) is 0 Å². The van der Waals surface area contributed by atoms with Crippen LogP contribution in [0.5, 0.6) is 0 Å². The van der Waals surface area contributed by atoms with Gasteiger partial charge in [-0.15, -0.1) is 0 Å². The Hall–Kier alpha value is -1.05. The minimum absolute atomic E-state index is 0.0279. The van der Waals surface area contributed by atoms with Crippen LogP contribution in [0.4, 0.5) is 0 Å². The van der Waals surface area contributed by atoms with E-state index in [0.29, 0.717) is 12.5 Å². The maximum absolute atomic E-state index is 12.1. The van der Waals surface area contributed by atoms with Gasteiger partial charge in [0.2, 0.25) is 10.0 Å². The van der Waals surface area contributed by atoms with Crippen LogP contribution in [0.15, 0.2) is 23.2 Å². The van der Waals surface area contributed by atoms with Crippen LogP contribution >= 0.6 is 12.2 Å². The third-order valence-electron chi connectivity index (χ3n) is 2.31. The second-order valence-corrected chi connectivity index (χ2v) is 6.47. The standard InChI is InChI=1S/C11H17N3O2S2/c1-8(2)5-7-14-18(15,16)9-4-3-6-13-10(9)11(12)17/h3-4,6,8,14H,5,7H2,1-2H3,(H2,12,17). The zero-order valence-electron chi connectivity index (χ0n) is 10.4. The van der Waals surface area contributed by atoms with Gasteiger partial charge in [0.15, 0.2) is 0 Å². The van der Waals surface area contributed by atoms with E-state index in [1.165, 1.54) is 12.3 Å². The Morgan fingerprint density at radius 2 is 2.22 bits per heavy atom. The maximum Gasteiger partial charge on any atom is 0.242 e. The van der Waals surface area contributed by atoms with Crippen molar-refractivity contribution < 1.29 is 8.42 Å². The van der Waals surface area contributed by atoms with E-state index in [4.69, 9.17) is 18.0 Å². The quantitative estimate of drug-likeness (QED) is 0.764. The predicted octanol–water partition coefficient (Wildman–Crippen LogP) is 1.04. The summed E-state index contributed by atoms with van der Waals surface area (Å²) in [6, 6.07) is 2.98. The Morgan fingerprint density at radius 1 is 1.56 bits per heavy atom. The fraction of sp³-hybridized carbons (Fsp3) is 0.455. The van der Waals surface area contributed by atoms with Crippen LogP contribution in [0, 0.1) is 5.92 Å². The van der Waals surface area contributed by atoms with Crippen LogP contribution in [0.2, 0.25) is 0 Å². The van der Waals surface area contributed by atoms with Gasteiger partial charge in [0, 0.05) is 12.7 Å². The Balaban J connectivity index is 2.95. The van der Waals surface area contributed by atoms with Crippen LogP contribution in [-0.2, 0) is 10.0 Å². The molecule has 0 fully saturated rings. The van der Waals surface area contributed by atoms with E-state index in [2.05, 4.69) is 9.71 Å². The number of aromatic nitrogens is 1. The molecule has 1 heterocycles. The third-order valence-corrected chi connectivity index (χ3v) is 3.99. The van der Waals surface area contributed by atoms with E-state index in [9.17, 15) is 8.42 Å². The van der Waals surface area contributed by atoms with Gasteiger partial charge in [-0.2, -0.15) is 0 Å². The van der Waals surface area contributed by atoms with Crippen molar-refractivity contribution in [2.75, 3.05) is 6.54 Å². The molecule has 0 saturated heterocycles. The second-order valence-electron chi connectivity index (χ2n) is 4.29.